The maximum Gasteiger partial charge on any atom is 0.265 e. The number of fused-ring (bicyclic) bond motifs is 4. The second kappa shape index (κ2) is 7.03. The number of nitrogens with two attached hydrogens (primary N) is 1. The summed E-state index contributed by atoms with van der Waals surface area (Å²) in [5.41, 5.74) is 12.0. The molecule has 7 rings (SSSR count). The third-order valence-corrected chi connectivity index (χ3v) is 8.40. The standard InChI is InChI=1S/C24H27N9OS/c1-5-33-17(19(25)34)13(11-6-7-11)14-16-15(26-21(31(16)3)12-8-9-12)20(27-22(14)33)28-24-29-23-18(35-24)10(2)30-32(23)4/h11-12H,5-9H2,1-4H3,(H2,25,34)(H,27,28,29). The van der Waals surface area contributed by atoms with Gasteiger partial charge < -0.3 is 20.2 Å². The quantitative estimate of drug-likeness (QED) is 0.369. The number of aromatic nitrogens is 7. The van der Waals surface area contributed by atoms with Crippen LogP contribution in [0.15, 0.2) is 0 Å². The molecule has 0 aliphatic heterocycles. The van der Waals surface area contributed by atoms with Crippen LogP contribution in [0, 0.1) is 6.92 Å². The van der Waals surface area contributed by atoms with Gasteiger partial charge in [-0.25, -0.2) is 19.6 Å². The van der Waals surface area contributed by atoms with Crippen LogP contribution in [0.25, 0.3) is 32.4 Å². The van der Waals surface area contributed by atoms with Crippen molar-refractivity contribution in [2.45, 2.75) is 57.9 Å². The van der Waals surface area contributed by atoms with Crippen LogP contribution in [0.3, 0.4) is 0 Å². The van der Waals surface area contributed by atoms with Crippen LogP contribution in [0.4, 0.5) is 10.9 Å². The molecule has 11 heteroatoms. The van der Waals surface area contributed by atoms with Gasteiger partial charge in [0.15, 0.2) is 16.6 Å². The van der Waals surface area contributed by atoms with Crippen LogP contribution >= 0.6 is 11.3 Å². The number of primary amides is 1. The van der Waals surface area contributed by atoms with Gasteiger partial charge in [-0.3, -0.25) is 4.79 Å². The van der Waals surface area contributed by atoms with E-state index in [1.807, 2.05) is 25.5 Å². The Morgan fingerprint density at radius 3 is 2.49 bits per heavy atom. The van der Waals surface area contributed by atoms with Gasteiger partial charge in [-0.1, -0.05) is 11.3 Å². The molecule has 0 spiro atoms. The molecule has 2 aliphatic rings. The summed E-state index contributed by atoms with van der Waals surface area (Å²) in [6.45, 7) is 4.63. The maximum atomic E-state index is 12.7. The Bertz CT molecular complexity index is 1660. The fourth-order valence-corrected chi connectivity index (χ4v) is 6.41. The molecule has 5 aromatic heterocycles. The minimum Gasteiger partial charge on any atom is -0.364 e. The van der Waals surface area contributed by atoms with E-state index >= 15 is 0 Å². The van der Waals surface area contributed by atoms with Crippen molar-refractivity contribution in [3.05, 3.63) is 22.8 Å². The monoisotopic (exact) mass is 489 g/mol. The van der Waals surface area contributed by atoms with Crippen molar-refractivity contribution < 1.29 is 4.79 Å². The smallest absolute Gasteiger partial charge is 0.265 e. The molecule has 35 heavy (non-hydrogen) atoms. The Morgan fingerprint density at radius 2 is 1.86 bits per heavy atom. The maximum absolute atomic E-state index is 12.7. The normalized spacial score (nSPS) is 16.2. The highest BCUT2D eigenvalue weighted by Gasteiger charge is 2.37. The third kappa shape index (κ3) is 2.90. The number of aryl methyl sites for hydroxylation is 4. The van der Waals surface area contributed by atoms with Crippen LogP contribution in [-0.2, 0) is 20.6 Å². The van der Waals surface area contributed by atoms with Crippen molar-refractivity contribution >= 4 is 60.6 Å². The Labute approximate surface area is 205 Å². The second-order valence-electron chi connectivity index (χ2n) is 9.81. The van der Waals surface area contributed by atoms with Crippen LogP contribution < -0.4 is 11.1 Å². The number of nitrogens with one attached hydrogen (secondary N) is 1. The highest BCUT2D eigenvalue weighted by Crippen LogP contribution is 2.49. The number of pyridine rings is 1. The van der Waals surface area contributed by atoms with E-state index in [4.69, 9.17) is 20.7 Å². The molecule has 2 saturated carbocycles. The number of hydrogen-bond acceptors (Lipinski definition) is 7. The number of imidazole rings is 1. The summed E-state index contributed by atoms with van der Waals surface area (Å²) in [4.78, 5) is 27.6. The number of amides is 1. The number of nitrogens with zero attached hydrogens (tertiary/aromatic N) is 7. The highest BCUT2D eigenvalue weighted by molar-refractivity contribution is 7.22. The number of hydrogen-bond donors (Lipinski definition) is 2. The molecule has 3 N–H and O–H groups in total. The molecule has 5 aromatic rings. The molecular weight excluding hydrogens is 462 g/mol. The van der Waals surface area contributed by atoms with Crippen LogP contribution in [0.2, 0.25) is 0 Å². The fraction of sp³-hybridized carbons (Fsp3) is 0.458. The summed E-state index contributed by atoms with van der Waals surface area (Å²) in [5, 5.41) is 9.70. The number of rotatable bonds is 6. The first kappa shape index (κ1) is 20.9. The molecule has 0 saturated heterocycles. The Kier molecular flexibility index (Phi) is 4.19. The highest BCUT2D eigenvalue weighted by atomic mass is 32.1. The van der Waals surface area contributed by atoms with Crippen LogP contribution in [0.1, 0.15) is 72.0 Å². The average Bonchev–Trinajstić information content (AvgIpc) is 3.72. The van der Waals surface area contributed by atoms with E-state index in [0.717, 1.165) is 80.3 Å². The molecule has 0 aromatic carbocycles. The minimum atomic E-state index is -0.395. The van der Waals surface area contributed by atoms with Crippen molar-refractivity contribution in [2.75, 3.05) is 5.32 Å². The summed E-state index contributed by atoms with van der Waals surface area (Å²) >= 11 is 1.56. The van der Waals surface area contributed by atoms with E-state index in [0.29, 0.717) is 29.9 Å². The van der Waals surface area contributed by atoms with Gasteiger partial charge in [0, 0.05) is 31.9 Å². The summed E-state index contributed by atoms with van der Waals surface area (Å²) in [5.74, 6) is 2.15. The fourth-order valence-electron chi connectivity index (χ4n) is 5.48. The van der Waals surface area contributed by atoms with Gasteiger partial charge >= 0.3 is 0 Å². The number of carbonyl (C=O) groups is 1. The molecule has 0 atom stereocenters. The number of carbonyl (C=O) groups excluding carboxylic acids is 1. The first-order chi connectivity index (χ1) is 16.9. The topological polar surface area (TPSA) is 121 Å². The molecule has 180 valence electrons. The zero-order chi connectivity index (χ0) is 24.2. The number of thiazole rings is 1. The lowest BCUT2D eigenvalue weighted by atomic mass is 10.1. The van der Waals surface area contributed by atoms with E-state index in [2.05, 4.69) is 22.0 Å². The van der Waals surface area contributed by atoms with Gasteiger partial charge in [-0.05, 0) is 51.0 Å². The first-order valence-electron chi connectivity index (χ1n) is 12.2. The Balaban J connectivity index is 1.53. The molecule has 2 fully saturated rings. The second-order valence-corrected chi connectivity index (χ2v) is 10.8. The zero-order valence-corrected chi connectivity index (χ0v) is 21.0. The molecular formula is C24H27N9OS. The largest absolute Gasteiger partial charge is 0.364 e. The van der Waals surface area contributed by atoms with Crippen LogP contribution in [-0.4, -0.2) is 39.8 Å². The first-order valence-corrected chi connectivity index (χ1v) is 13.0. The lowest BCUT2D eigenvalue weighted by molar-refractivity contribution is 0.0991. The van der Waals surface area contributed by atoms with Crippen LogP contribution in [0.5, 0.6) is 0 Å². The van der Waals surface area contributed by atoms with E-state index in [-0.39, 0.29) is 0 Å². The van der Waals surface area contributed by atoms with Crippen molar-refractivity contribution in [1.29, 1.82) is 0 Å². The van der Waals surface area contributed by atoms with Crippen molar-refractivity contribution in [2.24, 2.45) is 19.8 Å². The minimum absolute atomic E-state index is 0.343. The molecule has 0 unspecified atom stereocenters. The van der Waals surface area contributed by atoms with Crippen molar-refractivity contribution in [1.82, 2.24) is 33.9 Å². The van der Waals surface area contributed by atoms with Gasteiger partial charge in [0.05, 0.1) is 15.9 Å². The van der Waals surface area contributed by atoms with Gasteiger partial charge in [0.1, 0.15) is 22.7 Å². The predicted octanol–water partition coefficient (Wildman–Crippen LogP) is 4.19. The van der Waals surface area contributed by atoms with E-state index < -0.39 is 5.91 Å². The van der Waals surface area contributed by atoms with Crippen molar-refractivity contribution in [3.8, 4) is 0 Å². The molecule has 0 bridgehead atoms. The predicted molar refractivity (Wildman–Crippen MR) is 137 cm³/mol. The Morgan fingerprint density at radius 1 is 1.11 bits per heavy atom. The van der Waals surface area contributed by atoms with Crippen molar-refractivity contribution in [3.63, 3.8) is 0 Å². The molecule has 1 amide bonds. The summed E-state index contributed by atoms with van der Waals surface area (Å²) in [7, 11) is 3.99. The van der Waals surface area contributed by atoms with E-state index in [1.165, 1.54) is 0 Å². The Hall–Kier alpha value is -3.47. The van der Waals surface area contributed by atoms with Gasteiger partial charge in [0.25, 0.3) is 5.91 Å². The van der Waals surface area contributed by atoms with E-state index in [9.17, 15) is 4.79 Å². The molecule has 2 aliphatic carbocycles. The summed E-state index contributed by atoms with van der Waals surface area (Å²) in [6.07, 6.45) is 4.44. The molecule has 0 radical (unpaired) electrons. The molecule has 10 nitrogen and oxygen atoms in total. The summed E-state index contributed by atoms with van der Waals surface area (Å²) < 4.78 is 7.04. The third-order valence-electron chi connectivity index (χ3n) is 7.33. The average molecular weight is 490 g/mol. The van der Waals surface area contributed by atoms with E-state index in [1.54, 1.807) is 16.0 Å². The van der Waals surface area contributed by atoms with Gasteiger partial charge in [0.2, 0.25) is 0 Å². The lowest BCUT2D eigenvalue weighted by Crippen LogP contribution is -2.18. The summed E-state index contributed by atoms with van der Waals surface area (Å²) in [6, 6.07) is 0. The van der Waals surface area contributed by atoms with Gasteiger partial charge in [-0.2, -0.15) is 5.10 Å². The van der Waals surface area contributed by atoms with Gasteiger partial charge in [-0.15, -0.1) is 0 Å². The number of anilines is 2. The zero-order valence-electron chi connectivity index (χ0n) is 20.2. The molecule has 5 heterocycles. The SMILES string of the molecule is CCn1c(C(N)=O)c(C2CC2)c2c3c(nc(C4CC4)n3C)c(Nc3nc4c(s3)c(C)nn4C)nc21. The lowest BCUT2D eigenvalue weighted by Gasteiger charge is -2.08.